The minimum absolute atomic E-state index is 0.482. The average molecular weight is 311 g/mol. The molecule has 1 heterocycles. The Hall–Kier alpha value is -0.930. The Bertz CT molecular complexity index is 439. The molecule has 0 radical (unpaired) electrons. The standard InChI is InChI=1S/C17H27ClN2O/c1-3-21-17-8-7-15(12-14(17)13-18)19-10-9-16-6-4-5-11-20(16)2/h7-8,12,16,19H,3-6,9-11,13H2,1-2H3. The quantitative estimate of drug-likeness (QED) is 0.767. The second kappa shape index (κ2) is 8.50. The fourth-order valence-corrected chi connectivity index (χ4v) is 3.19. The monoisotopic (exact) mass is 310 g/mol. The number of hydrogen-bond donors (Lipinski definition) is 1. The third-order valence-corrected chi connectivity index (χ3v) is 4.52. The summed E-state index contributed by atoms with van der Waals surface area (Å²) in [5.41, 5.74) is 2.19. The second-order valence-electron chi connectivity index (χ2n) is 5.73. The van der Waals surface area contributed by atoms with Crippen molar-refractivity contribution in [1.29, 1.82) is 0 Å². The van der Waals surface area contributed by atoms with Crippen molar-refractivity contribution in [3.8, 4) is 5.75 Å². The number of hydrogen-bond acceptors (Lipinski definition) is 3. The van der Waals surface area contributed by atoms with Crippen LogP contribution in [0.25, 0.3) is 0 Å². The Morgan fingerprint density at radius 2 is 2.24 bits per heavy atom. The van der Waals surface area contributed by atoms with Gasteiger partial charge in [-0.2, -0.15) is 0 Å². The number of alkyl halides is 1. The molecule has 0 aliphatic carbocycles. The minimum atomic E-state index is 0.482. The van der Waals surface area contributed by atoms with Crippen LogP contribution < -0.4 is 10.1 Å². The molecule has 1 aliphatic rings. The van der Waals surface area contributed by atoms with Crippen LogP contribution in [0.5, 0.6) is 5.75 Å². The zero-order chi connectivity index (χ0) is 15.1. The van der Waals surface area contributed by atoms with Crippen LogP contribution in [0.2, 0.25) is 0 Å². The number of likely N-dealkylation sites (tertiary alicyclic amines) is 1. The first-order valence-corrected chi connectivity index (χ1v) is 8.53. The summed E-state index contributed by atoms with van der Waals surface area (Å²) in [6.45, 7) is 4.91. The highest BCUT2D eigenvalue weighted by molar-refractivity contribution is 6.17. The van der Waals surface area contributed by atoms with E-state index in [0.29, 0.717) is 12.5 Å². The Morgan fingerprint density at radius 1 is 1.38 bits per heavy atom. The van der Waals surface area contributed by atoms with E-state index in [1.165, 1.54) is 32.2 Å². The lowest BCUT2D eigenvalue weighted by Gasteiger charge is -2.32. The lowest BCUT2D eigenvalue weighted by atomic mass is 10.0. The lowest BCUT2D eigenvalue weighted by molar-refractivity contribution is 0.179. The number of ether oxygens (including phenoxy) is 1. The highest BCUT2D eigenvalue weighted by Crippen LogP contribution is 2.25. The molecule has 4 heteroatoms. The summed E-state index contributed by atoms with van der Waals surface area (Å²) in [6, 6.07) is 6.91. The van der Waals surface area contributed by atoms with E-state index < -0.39 is 0 Å². The third-order valence-electron chi connectivity index (χ3n) is 4.23. The van der Waals surface area contributed by atoms with Crippen molar-refractivity contribution in [2.45, 2.75) is 44.5 Å². The number of nitrogens with one attached hydrogen (secondary N) is 1. The minimum Gasteiger partial charge on any atom is -0.494 e. The molecule has 1 fully saturated rings. The molecule has 118 valence electrons. The van der Waals surface area contributed by atoms with Gasteiger partial charge in [-0.15, -0.1) is 11.6 Å². The van der Waals surface area contributed by atoms with Crippen LogP contribution in [0, 0.1) is 0 Å². The molecule has 1 N–H and O–H groups in total. The van der Waals surface area contributed by atoms with Gasteiger partial charge >= 0.3 is 0 Å². The fraction of sp³-hybridized carbons (Fsp3) is 0.647. The second-order valence-corrected chi connectivity index (χ2v) is 6.00. The largest absolute Gasteiger partial charge is 0.494 e. The molecule has 0 bridgehead atoms. The molecule has 1 saturated heterocycles. The van der Waals surface area contributed by atoms with Crippen molar-refractivity contribution in [2.75, 3.05) is 32.1 Å². The molecule has 21 heavy (non-hydrogen) atoms. The summed E-state index contributed by atoms with van der Waals surface area (Å²) in [4.78, 5) is 2.49. The van der Waals surface area contributed by atoms with E-state index in [0.717, 1.165) is 29.6 Å². The predicted octanol–water partition coefficient (Wildman–Crippen LogP) is 4.11. The van der Waals surface area contributed by atoms with Gasteiger partial charge in [0.1, 0.15) is 5.75 Å². The van der Waals surface area contributed by atoms with Crippen LogP contribution in [0.1, 0.15) is 38.2 Å². The molecule has 3 nitrogen and oxygen atoms in total. The van der Waals surface area contributed by atoms with Gasteiger partial charge in [-0.1, -0.05) is 6.42 Å². The molecule has 1 aliphatic heterocycles. The van der Waals surface area contributed by atoms with Crippen molar-refractivity contribution in [3.63, 3.8) is 0 Å². The first-order chi connectivity index (χ1) is 10.2. The lowest BCUT2D eigenvalue weighted by Crippen LogP contribution is -2.37. The Morgan fingerprint density at radius 3 is 2.95 bits per heavy atom. The molecule has 1 aromatic carbocycles. The van der Waals surface area contributed by atoms with Gasteiger partial charge in [0.2, 0.25) is 0 Å². The van der Waals surface area contributed by atoms with Gasteiger partial charge in [0.25, 0.3) is 0 Å². The maximum atomic E-state index is 6.00. The molecule has 0 amide bonds. The number of halogens is 1. The zero-order valence-corrected chi connectivity index (χ0v) is 14.0. The zero-order valence-electron chi connectivity index (χ0n) is 13.2. The molecule has 1 unspecified atom stereocenters. The summed E-state index contributed by atoms with van der Waals surface area (Å²) in [6.07, 6.45) is 5.24. The predicted molar refractivity (Wildman–Crippen MR) is 90.5 cm³/mol. The molecular formula is C17H27ClN2O. The Balaban J connectivity index is 1.85. The average Bonchev–Trinajstić information content (AvgIpc) is 2.51. The Labute approximate surface area is 133 Å². The van der Waals surface area contributed by atoms with Crippen LogP contribution in [0.4, 0.5) is 5.69 Å². The molecule has 0 aromatic heterocycles. The van der Waals surface area contributed by atoms with Gasteiger partial charge in [0.05, 0.1) is 12.5 Å². The van der Waals surface area contributed by atoms with Gasteiger partial charge < -0.3 is 15.0 Å². The summed E-state index contributed by atoms with van der Waals surface area (Å²) >= 11 is 6.00. The molecular weight excluding hydrogens is 284 g/mol. The normalized spacial score (nSPS) is 19.5. The van der Waals surface area contributed by atoms with Crippen molar-refractivity contribution in [1.82, 2.24) is 4.90 Å². The van der Waals surface area contributed by atoms with Crippen LogP contribution in [-0.2, 0) is 5.88 Å². The van der Waals surface area contributed by atoms with Gasteiger partial charge in [0, 0.05) is 23.8 Å². The van der Waals surface area contributed by atoms with E-state index in [2.05, 4.69) is 29.4 Å². The number of nitrogens with zero attached hydrogens (tertiary/aromatic N) is 1. The maximum absolute atomic E-state index is 6.00. The third kappa shape index (κ3) is 4.79. The molecule has 0 spiro atoms. The first-order valence-electron chi connectivity index (χ1n) is 8.00. The highest BCUT2D eigenvalue weighted by atomic mass is 35.5. The molecule has 0 saturated carbocycles. The Kier molecular flexibility index (Phi) is 6.65. The summed E-state index contributed by atoms with van der Waals surface area (Å²) in [5.74, 6) is 1.38. The van der Waals surface area contributed by atoms with Gasteiger partial charge in [-0.05, 0) is 58.0 Å². The number of benzene rings is 1. The number of anilines is 1. The van der Waals surface area contributed by atoms with Crippen LogP contribution >= 0.6 is 11.6 Å². The first kappa shape index (κ1) is 16.4. The van der Waals surface area contributed by atoms with Gasteiger partial charge in [-0.3, -0.25) is 0 Å². The summed E-state index contributed by atoms with van der Waals surface area (Å²) in [7, 11) is 2.24. The van der Waals surface area contributed by atoms with E-state index in [-0.39, 0.29) is 0 Å². The van der Waals surface area contributed by atoms with E-state index in [1.54, 1.807) is 0 Å². The smallest absolute Gasteiger partial charge is 0.123 e. The highest BCUT2D eigenvalue weighted by Gasteiger charge is 2.18. The molecule has 2 rings (SSSR count). The summed E-state index contributed by atoms with van der Waals surface area (Å²) < 4.78 is 5.58. The number of piperidine rings is 1. The van der Waals surface area contributed by atoms with E-state index in [9.17, 15) is 0 Å². The SMILES string of the molecule is CCOc1ccc(NCCC2CCCCN2C)cc1CCl. The van der Waals surface area contributed by atoms with E-state index in [4.69, 9.17) is 16.3 Å². The molecule has 1 aromatic rings. The van der Waals surface area contributed by atoms with E-state index in [1.807, 2.05) is 13.0 Å². The van der Waals surface area contributed by atoms with Crippen molar-refractivity contribution in [3.05, 3.63) is 23.8 Å². The number of rotatable bonds is 7. The van der Waals surface area contributed by atoms with Crippen molar-refractivity contribution in [2.24, 2.45) is 0 Å². The topological polar surface area (TPSA) is 24.5 Å². The fourth-order valence-electron chi connectivity index (χ4n) is 2.98. The van der Waals surface area contributed by atoms with Crippen molar-refractivity contribution < 1.29 is 4.74 Å². The van der Waals surface area contributed by atoms with Crippen molar-refractivity contribution >= 4 is 17.3 Å². The van der Waals surface area contributed by atoms with E-state index >= 15 is 0 Å². The van der Waals surface area contributed by atoms with Crippen LogP contribution in [-0.4, -0.2) is 37.7 Å². The molecule has 1 atom stereocenters. The van der Waals surface area contributed by atoms with Crippen LogP contribution in [0.15, 0.2) is 18.2 Å². The maximum Gasteiger partial charge on any atom is 0.123 e. The summed E-state index contributed by atoms with van der Waals surface area (Å²) in [5, 5.41) is 3.52. The van der Waals surface area contributed by atoms with Gasteiger partial charge in [0.15, 0.2) is 0 Å². The van der Waals surface area contributed by atoms with Crippen LogP contribution in [0.3, 0.4) is 0 Å². The van der Waals surface area contributed by atoms with Gasteiger partial charge in [-0.25, -0.2) is 0 Å².